The van der Waals surface area contributed by atoms with Crippen LogP contribution in [0.15, 0.2) is 36.4 Å². The molecule has 90 valence electrons. The minimum atomic E-state index is -0.675. The van der Waals surface area contributed by atoms with E-state index in [1.165, 1.54) is 10.9 Å². The summed E-state index contributed by atoms with van der Waals surface area (Å²) < 4.78 is 17.2. The SMILES string of the molecule is COc1cccc2c1-c1cccc3c1P(CO3)O2. The summed E-state index contributed by atoms with van der Waals surface area (Å²) in [4.78, 5) is 0. The molecule has 0 amide bonds. The Labute approximate surface area is 106 Å². The second kappa shape index (κ2) is 3.63. The van der Waals surface area contributed by atoms with Crippen molar-refractivity contribution >= 4 is 13.5 Å². The van der Waals surface area contributed by atoms with Crippen molar-refractivity contribution in [1.82, 2.24) is 0 Å². The van der Waals surface area contributed by atoms with Gasteiger partial charge in [0.15, 0.2) is 8.15 Å². The van der Waals surface area contributed by atoms with Crippen molar-refractivity contribution in [2.45, 2.75) is 0 Å². The highest BCUT2D eigenvalue weighted by atomic mass is 31.1. The molecule has 0 spiro atoms. The van der Waals surface area contributed by atoms with Crippen molar-refractivity contribution in [3.63, 3.8) is 0 Å². The lowest BCUT2D eigenvalue weighted by Crippen LogP contribution is -2.12. The smallest absolute Gasteiger partial charge is 0.162 e. The van der Waals surface area contributed by atoms with Gasteiger partial charge in [0.25, 0.3) is 0 Å². The van der Waals surface area contributed by atoms with E-state index >= 15 is 0 Å². The zero-order chi connectivity index (χ0) is 12.1. The Morgan fingerprint density at radius 3 is 2.83 bits per heavy atom. The van der Waals surface area contributed by atoms with Crippen molar-refractivity contribution in [1.29, 1.82) is 0 Å². The van der Waals surface area contributed by atoms with E-state index in [1.807, 2.05) is 30.3 Å². The molecule has 0 N–H and O–H groups in total. The number of ether oxygens (including phenoxy) is 2. The molecule has 0 saturated heterocycles. The van der Waals surface area contributed by atoms with Gasteiger partial charge in [-0.1, -0.05) is 18.2 Å². The van der Waals surface area contributed by atoms with E-state index in [2.05, 4.69) is 6.07 Å². The molecule has 4 rings (SSSR count). The van der Waals surface area contributed by atoms with Crippen LogP contribution in [0.4, 0.5) is 0 Å². The molecule has 18 heavy (non-hydrogen) atoms. The van der Waals surface area contributed by atoms with Gasteiger partial charge in [-0.3, -0.25) is 0 Å². The van der Waals surface area contributed by atoms with Gasteiger partial charge in [0.1, 0.15) is 23.6 Å². The molecule has 1 unspecified atom stereocenters. The molecule has 0 aliphatic carbocycles. The maximum atomic E-state index is 6.06. The lowest BCUT2D eigenvalue weighted by atomic mass is 10.0. The fourth-order valence-corrected chi connectivity index (χ4v) is 4.26. The van der Waals surface area contributed by atoms with E-state index < -0.39 is 8.15 Å². The van der Waals surface area contributed by atoms with Gasteiger partial charge in [-0.15, -0.1) is 0 Å². The van der Waals surface area contributed by atoms with Gasteiger partial charge in [-0.05, 0) is 18.2 Å². The van der Waals surface area contributed by atoms with Crippen molar-refractivity contribution in [3.05, 3.63) is 36.4 Å². The number of hydrogen-bond donors (Lipinski definition) is 0. The number of benzene rings is 2. The van der Waals surface area contributed by atoms with Gasteiger partial charge in [0, 0.05) is 5.56 Å². The van der Waals surface area contributed by atoms with Gasteiger partial charge in [-0.2, -0.15) is 0 Å². The molecule has 1 atom stereocenters. The molecule has 0 saturated carbocycles. The summed E-state index contributed by atoms with van der Waals surface area (Å²) in [6, 6.07) is 12.1. The molecule has 0 bridgehead atoms. The third-order valence-electron chi connectivity index (χ3n) is 3.27. The molecule has 2 heterocycles. The summed E-state index contributed by atoms with van der Waals surface area (Å²) in [6.45, 7) is 0. The van der Waals surface area contributed by atoms with E-state index in [0.717, 1.165) is 22.8 Å². The lowest BCUT2D eigenvalue weighted by molar-refractivity contribution is 0.394. The monoisotopic (exact) mass is 258 g/mol. The van der Waals surface area contributed by atoms with Crippen LogP contribution < -0.4 is 19.3 Å². The van der Waals surface area contributed by atoms with Gasteiger partial charge in [0.05, 0.1) is 18.0 Å². The molecule has 3 nitrogen and oxygen atoms in total. The molecular formula is C14H11O3P. The zero-order valence-corrected chi connectivity index (χ0v) is 10.7. The van der Waals surface area contributed by atoms with E-state index in [9.17, 15) is 0 Å². The first kappa shape index (κ1) is 10.2. The molecule has 0 radical (unpaired) electrons. The van der Waals surface area contributed by atoms with E-state index in [1.54, 1.807) is 7.11 Å². The van der Waals surface area contributed by atoms with E-state index in [-0.39, 0.29) is 0 Å². The molecule has 0 fully saturated rings. The Hall–Kier alpha value is -1.73. The summed E-state index contributed by atoms with van der Waals surface area (Å²) in [7, 11) is 1.01. The van der Waals surface area contributed by atoms with Gasteiger partial charge < -0.3 is 14.0 Å². The largest absolute Gasteiger partial charge is 0.496 e. The van der Waals surface area contributed by atoms with Crippen LogP contribution >= 0.6 is 8.15 Å². The minimum Gasteiger partial charge on any atom is -0.496 e. The Morgan fingerprint density at radius 1 is 1.11 bits per heavy atom. The lowest BCUT2D eigenvalue weighted by Gasteiger charge is -2.24. The molecular weight excluding hydrogens is 247 g/mol. The highest BCUT2D eigenvalue weighted by Gasteiger charge is 2.36. The topological polar surface area (TPSA) is 27.7 Å². The first-order valence-electron chi connectivity index (χ1n) is 5.77. The van der Waals surface area contributed by atoms with Crippen LogP contribution in [0, 0.1) is 0 Å². The summed E-state index contributed by atoms with van der Waals surface area (Å²) in [5.74, 6) is 2.70. The van der Waals surface area contributed by atoms with E-state index in [4.69, 9.17) is 14.0 Å². The highest BCUT2D eigenvalue weighted by Crippen LogP contribution is 2.55. The quantitative estimate of drug-likeness (QED) is 0.735. The van der Waals surface area contributed by atoms with Crippen LogP contribution in [0.3, 0.4) is 0 Å². The van der Waals surface area contributed by atoms with Crippen LogP contribution in [0.25, 0.3) is 11.1 Å². The third-order valence-corrected chi connectivity index (χ3v) is 5.01. The standard InChI is InChI=1S/C14H11O3P/c1-15-10-5-3-6-11-13(10)9-4-2-7-12-14(9)18(17-11)8-16-12/h2-7H,8H2,1H3. The fraction of sp³-hybridized carbons (Fsp3) is 0.143. The van der Waals surface area contributed by atoms with Crippen molar-refractivity contribution in [2.75, 3.05) is 13.5 Å². The number of methoxy groups -OCH3 is 1. The molecule has 4 heteroatoms. The molecule has 2 aliphatic heterocycles. The summed E-state index contributed by atoms with van der Waals surface area (Å²) in [5, 5.41) is 1.21. The fourth-order valence-electron chi connectivity index (χ4n) is 2.50. The summed E-state index contributed by atoms with van der Waals surface area (Å²) >= 11 is 0. The zero-order valence-electron chi connectivity index (χ0n) is 9.84. The van der Waals surface area contributed by atoms with Gasteiger partial charge >= 0.3 is 0 Å². The van der Waals surface area contributed by atoms with Crippen molar-refractivity contribution in [2.24, 2.45) is 0 Å². The predicted molar refractivity (Wildman–Crippen MR) is 71.1 cm³/mol. The Balaban J connectivity index is 2.06. The first-order chi connectivity index (χ1) is 8.88. The maximum absolute atomic E-state index is 6.06. The Bertz CT molecular complexity index is 639. The average Bonchev–Trinajstić information content (AvgIpc) is 2.83. The third kappa shape index (κ3) is 1.23. The van der Waals surface area contributed by atoms with Crippen LogP contribution in [-0.2, 0) is 0 Å². The van der Waals surface area contributed by atoms with Gasteiger partial charge in [0.2, 0.25) is 0 Å². The van der Waals surface area contributed by atoms with Crippen molar-refractivity contribution < 1.29 is 14.0 Å². The second-order valence-electron chi connectivity index (χ2n) is 4.23. The Kier molecular flexibility index (Phi) is 2.06. The molecule has 2 aromatic rings. The minimum absolute atomic E-state index is 0.651. The van der Waals surface area contributed by atoms with Gasteiger partial charge in [-0.25, -0.2) is 0 Å². The van der Waals surface area contributed by atoms with Crippen LogP contribution in [0.2, 0.25) is 0 Å². The molecule has 2 aromatic carbocycles. The summed E-state index contributed by atoms with van der Waals surface area (Å²) in [5.41, 5.74) is 2.23. The number of fused-ring (bicyclic) bond motifs is 2. The van der Waals surface area contributed by atoms with Crippen LogP contribution in [0.5, 0.6) is 17.2 Å². The second-order valence-corrected chi connectivity index (χ2v) is 5.87. The Morgan fingerprint density at radius 2 is 1.94 bits per heavy atom. The highest BCUT2D eigenvalue weighted by molar-refractivity contribution is 7.62. The van der Waals surface area contributed by atoms with Crippen molar-refractivity contribution in [3.8, 4) is 28.4 Å². The number of hydrogen-bond acceptors (Lipinski definition) is 3. The summed E-state index contributed by atoms with van der Waals surface area (Å²) in [6.07, 6.45) is 0.651. The first-order valence-corrected chi connectivity index (χ1v) is 7.21. The normalized spacial score (nSPS) is 18.4. The molecule has 2 aliphatic rings. The average molecular weight is 258 g/mol. The number of rotatable bonds is 1. The van der Waals surface area contributed by atoms with Crippen LogP contribution in [-0.4, -0.2) is 13.5 Å². The molecule has 0 aromatic heterocycles. The van der Waals surface area contributed by atoms with Crippen LogP contribution in [0.1, 0.15) is 0 Å². The van der Waals surface area contributed by atoms with E-state index in [0.29, 0.717) is 6.35 Å². The maximum Gasteiger partial charge on any atom is 0.162 e. The predicted octanol–water partition coefficient (Wildman–Crippen LogP) is 3.13.